The summed E-state index contributed by atoms with van der Waals surface area (Å²) in [6.45, 7) is 4.52. The van der Waals surface area contributed by atoms with Gasteiger partial charge in [-0.1, -0.05) is 32.0 Å². The monoisotopic (exact) mass is 230 g/mol. The van der Waals surface area contributed by atoms with E-state index in [1.807, 2.05) is 0 Å². The van der Waals surface area contributed by atoms with Crippen molar-refractivity contribution in [3.63, 3.8) is 0 Å². The van der Waals surface area contributed by atoms with Gasteiger partial charge in [0, 0.05) is 0 Å². The minimum absolute atomic E-state index is 0.529. The first kappa shape index (κ1) is 11.1. The minimum Gasteiger partial charge on any atom is -0.507 e. The van der Waals surface area contributed by atoms with Gasteiger partial charge in [0.25, 0.3) is 0 Å². The number of aromatic hydroxyl groups is 1. The number of hydrogen-bond donors (Lipinski definition) is 1. The molecule has 2 aliphatic rings. The lowest BCUT2D eigenvalue weighted by Crippen LogP contribution is -2.02. The van der Waals surface area contributed by atoms with E-state index in [9.17, 15) is 5.11 Å². The summed E-state index contributed by atoms with van der Waals surface area (Å²) in [6.07, 6.45) is 5.35. The van der Waals surface area contributed by atoms with Crippen molar-refractivity contribution in [2.24, 2.45) is 11.8 Å². The fourth-order valence-electron chi connectivity index (χ4n) is 3.02. The number of hydrogen-bond acceptors (Lipinski definition) is 1. The number of para-hydroxylation sites is 1. The van der Waals surface area contributed by atoms with Crippen molar-refractivity contribution >= 4 is 0 Å². The van der Waals surface area contributed by atoms with Gasteiger partial charge in [-0.2, -0.15) is 0 Å². The van der Waals surface area contributed by atoms with Crippen LogP contribution in [0.3, 0.4) is 0 Å². The molecular weight excluding hydrogens is 208 g/mol. The van der Waals surface area contributed by atoms with Crippen LogP contribution in [0.15, 0.2) is 18.2 Å². The summed E-state index contributed by atoms with van der Waals surface area (Å²) in [6, 6.07) is 6.35. The molecule has 92 valence electrons. The SMILES string of the molecule is C[C@H](c1cccc([C@@H](C)C2CC2)c1O)C1CC1. The Kier molecular flexibility index (Phi) is 2.65. The Morgan fingerprint density at radius 3 is 1.71 bits per heavy atom. The lowest BCUT2D eigenvalue weighted by Gasteiger charge is -2.18. The first-order chi connectivity index (χ1) is 8.18. The molecule has 0 bridgehead atoms. The van der Waals surface area contributed by atoms with Gasteiger partial charge < -0.3 is 5.11 Å². The van der Waals surface area contributed by atoms with Gasteiger partial charge in [-0.05, 0) is 60.5 Å². The zero-order chi connectivity index (χ0) is 12.0. The van der Waals surface area contributed by atoms with Crippen LogP contribution in [0.4, 0.5) is 0 Å². The van der Waals surface area contributed by atoms with E-state index in [2.05, 4.69) is 32.0 Å². The predicted octanol–water partition coefficient (Wildman–Crippen LogP) is 4.42. The highest BCUT2D eigenvalue weighted by atomic mass is 16.3. The van der Waals surface area contributed by atoms with Crippen LogP contribution in [0, 0.1) is 11.8 Å². The normalized spacial score (nSPS) is 23.4. The fraction of sp³-hybridized carbons (Fsp3) is 0.625. The van der Waals surface area contributed by atoms with Crippen molar-refractivity contribution in [3.8, 4) is 5.75 Å². The van der Waals surface area contributed by atoms with Crippen LogP contribution >= 0.6 is 0 Å². The van der Waals surface area contributed by atoms with Crippen LogP contribution in [0.25, 0.3) is 0 Å². The Balaban J connectivity index is 1.91. The van der Waals surface area contributed by atoms with E-state index in [0.29, 0.717) is 17.6 Å². The first-order valence-corrected chi connectivity index (χ1v) is 7.00. The second kappa shape index (κ2) is 4.04. The Labute approximate surface area is 104 Å². The Hall–Kier alpha value is -0.980. The molecule has 0 aromatic heterocycles. The Bertz CT molecular complexity index is 379. The summed E-state index contributed by atoms with van der Waals surface area (Å²) >= 11 is 0. The van der Waals surface area contributed by atoms with Crippen LogP contribution in [0.2, 0.25) is 0 Å². The molecular formula is C16H22O. The number of phenolic OH excluding ortho intramolecular Hbond substituents is 1. The molecule has 2 aliphatic carbocycles. The molecule has 3 rings (SSSR count). The molecule has 2 fully saturated rings. The molecule has 0 spiro atoms. The molecule has 2 atom stereocenters. The molecule has 1 aromatic rings. The summed E-state index contributed by atoms with van der Waals surface area (Å²) in [5.41, 5.74) is 2.36. The highest BCUT2D eigenvalue weighted by Gasteiger charge is 2.33. The molecule has 1 heteroatoms. The lowest BCUT2D eigenvalue weighted by molar-refractivity contribution is 0.443. The molecule has 0 radical (unpaired) electrons. The molecule has 0 amide bonds. The van der Waals surface area contributed by atoms with Crippen LogP contribution in [-0.2, 0) is 0 Å². The van der Waals surface area contributed by atoms with Crippen LogP contribution < -0.4 is 0 Å². The molecule has 2 saturated carbocycles. The van der Waals surface area contributed by atoms with Crippen molar-refractivity contribution in [3.05, 3.63) is 29.3 Å². The third kappa shape index (κ3) is 2.08. The van der Waals surface area contributed by atoms with Gasteiger partial charge >= 0.3 is 0 Å². The summed E-state index contributed by atoms with van der Waals surface area (Å²) in [7, 11) is 0. The Morgan fingerprint density at radius 2 is 1.35 bits per heavy atom. The maximum Gasteiger partial charge on any atom is 0.122 e. The van der Waals surface area contributed by atoms with Gasteiger partial charge in [0.2, 0.25) is 0 Å². The maximum absolute atomic E-state index is 10.5. The number of benzene rings is 1. The number of rotatable bonds is 4. The van der Waals surface area contributed by atoms with Crippen molar-refractivity contribution in [1.82, 2.24) is 0 Å². The summed E-state index contributed by atoms with van der Waals surface area (Å²) in [5, 5.41) is 10.5. The molecule has 0 aliphatic heterocycles. The van der Waals surface area contributed by atoms with Gasteiger partial charge in [-0.25, -0.2) is 0 Å². The zero-order valence-corrected chi connectivity index (χ0v) is 10.8. The molecule has 1 nitrogen and oxygen atoms in total. The second-order valence-electron chi connectivity index (χ2n) is 6.04. The van der Waals surface area contributed by atoms with Crippen molar-refractivity contribution in [2.75, 3.05) is 0 Å². The summed E-state index contributed by atoms with van der Waals surface area (Å²) in [5.74, 6) is 3.27. The highest BCUT2D eigenvalue weighted by molar-refractivity contribution is 5.45. The van der Waals surface area contributed by atoms with Crippen molar-refractivity contribution in [1.29, 1.82) is 0 Å². The average Bonchev–Trinajstić information content (AvgIpc) is 3.20. The van der Waals surface area contributed by atoms with E-state index in [1.54, 1.807) is 0 Å². The van der Waals surface area contributed by atoms with E-state index in [0.717, 1.165) is 11.8 Å². The number of phenols is 1. The van der Waals surface area contributed by atoms with Crippen LogP contribution in [-0.4, -0.2) is 5.11 Å². The molecule has 0 saturated heterocycles. The smallest absolute Gasteiger partial charge is 0.122 e. The van der Waals surface area contributed by atoms with Crippen molar-refractivity contribution in [2.45, 2.75) is 51.4 Å². The van der Waals surface area contributed by atoms with Crippen LogP contribution in [0.5, 0.6) is 5.75 Å². The van der Waals surface area contributed by atoms with E-state index >= 15 is 0 Å². The maximum atomic E-state index is 10.5. The first-order valence-electron chi connectivity index (χ1n) is 7.00. The summed E-state index contributed by atoms with van der Waals surface area (Å²) < 4.78 is 0. The quantitative estimate of drug-likeness (QED) is 0.811. The highest BCUT2D eigenvalue weighted by Crippen LogP contribution is 2.49. The van der Waals surface area contributed by atoms with E-state index in [-0.39, 0.29) is 0 Å². The molecule has 1 aromatic carbocycles. The Morgan fingerprint density at radius 1 is 0.941 bits per heavy atom. The van der Waals surface area contributed by atoms with E-state index in [1.165, 1.54) is 36.8 Å². The molecule has 0 unspecified atom stereocenters. The van der Waals surface area contributed by atoms with Crippen LogP contribution in [0.1, 0.15) is 62.5 Å². The third-order valence-corrected chi connectivity index (χ3v) is 4.74. The fourth-order valence-corrected chi connectivity index (χ4v) is 3.02. The third-order valence-electron chi connectivity index (χ3n) is 4.74. The van der Waals surface area contributed by atoms with Crippen molar-refractivity contribution < 1.29 is 5.11 Å². The van der Waals surface area contributed by atoms with Gasteiger partial charge in [0.15, 0.2) is 0 Å². The molecule has 0 heterocycles. The van der Waals surface area contributed by atoms with E-state index < -0.39 is 0 Å². The van der Waals surface area contributed by atoms with E-state index in [4.69, 9.17) is 0 Å². The summed E-state index contributed by atoms with van der Waals surface area (Å²) in [4.78, 5) is 0. The minimum atomic E-state index is 0.529. The van der Waals surface area contributed by atoms with Gasteiger partial charge in [0.1, 0.15) is 5.75 Å². The molecule has 1 N–H and O–H groups in total. The predicted molar refractivity (Wildman–Crippen MR) is 70.4 cm³/mol. The average molecular weight is 230 g/mol. The van der Waals surface area contributed by atoms with Gasteiger partial charge in [0.05, 0.1) is 0 Å². The molecule has 17 heavy (non-hydrogen) atoms. The second-order valence-corrected chi connectivity index (χ2v) is 6.04. The zero-order valence-electron chi connectivity index (χ0n) is 10.8. The van der Waals surface area contributed by atoms with Gasteiger partial charge in [-0.15, -0.1) is 0 Å². The largest absolute Gasteiger partial charge is 0.507 e. The topological polar surface area (TPSA) is 20.2 Å². The van der Waals surface area contributed by atoms with Gasteiger partial charge in [-0.3, -0.25) is 0 Å². The lowest BCUT2D eigenvalue weighted by atomic mass is 9.88. The standard InChI is InChI=1S/C16H22O/c1-10(12-6-7-12)14-4-3-5-15(16(14)17)11(2)13-8-9-13/h3-5,10-13,17H,6-9H2,1-2H3/t10-,11-/m0/s1.